The summed E-state index contributed by atoms with van der Waals surface area (Å²) in [6.07, 6.45) is 8.50. The van der Waals surface area contributed by atoms with Crippen molar-refractivity contribution < 1.29 is 14.3 Å². The van der Waals surface area contributed by atoms with E-state index in [0.717, 1.165) is 32.1 Å². The molecule has 1 N–H and O–H groups in total. The van der Waals surface area contributed by atoms with E-state index in [0.29, 0.717) is 35.3 Å². The highest BCUT2D eigenvalue weighted by atomic mass is 16.5. The molecule has 1 aliphatic heterocycles. The van der Waals surface area contributed by atoms with Gasteiger partial charge in [0.2, 0.25) is 0 Å². The van der Waals surface area contributed by atoms with E-state index in [1.165, 1.54) is 11.1 Å². The highest BCUT2D eigenvalue weighted by molar-refractivity contribution is 5.40. The van der Waals surface area contributed by atoms with Crippen molar-refractivity contribution in [2.45, 2.75) is 92.3 Å². The molecule has 6 atom stereocenters. The summed E-state index contributed by atoms with van der Waals surface area (Å²) in [5.41, 5.74) is 3.32. The van der Waals surface area contributed by atoms with Gasteiger partial charge in [-0.3, -0.25) is 0 Å². The van der Waals surface area contributed by atoms with Gasteiger partial charge in [-0.05, 0) is 88.9 Å². The van der Waals surface area contributed by atoms with Crippen LogP contribution in [0.3, 0.4) is 0 Å². The van der Waals surface area contributed by atoms with Crippen molar-refractivity contribution in [3.8, 4) is 5.75 Å². The van der Waals surface area contributed by atoms with Crippen LogP contribution < -0.4 is 5.63 Å². The topological polar surface area (TPSA) is 59.7 Å². The zero-order valence-electron chi connectivity index (χ0n) is 20.0. The van der Waals surface area contributed by atoms with Crippen molar-refractivity contribution in [1.29, 1.82) is 0 Å². The van der Waals surface area contributed by atoms with Gasteiger partial charge in [0.15, 0.2) is 0 Å². The van der Waals surface area contributed by atoms with Crippen molar-refractivity contribution in [3.63, 3.8) is 0 Å². The minimum Gasteiger partial charge on any atom is -0.507 e. The third-order valence-corrected chi connectivity index (χ3v) is 8.88. The molecule has 1 aromatic heterocycles. The zero-order valence-corrected chi connectivity index (χ0v) is 20.0. The Morgan fingerprint density at radius 1 is 1.23 bits per heavy atom. The molecule has 3 fully saturated rings. The van der Waals surface area contributed by atoms with Crippen LogP contribution in [0.15, 0.2) is 33.0 Å². The van der Waals surface area contributed by atoms with E-state index in [9.17, 15) is 9.90 Å². The van der Waals surface area contributed by atoms with Crippen molar-refractivity contribution in [3.05, 3.63) is 51.1 Å². The number of aromatic hydroxyl groups is 1. The molecule has 4 heteroatoms. The number of fused-ring (bicyclic) bond motifs is 3. The Hall–Kier alpha value is -1.81. The van der Waals surface area contributed by atoms with Crippen LogP contribution in [0.1, 0.15) is 76.7 Å². The minimum absolute atomic E-state index is 0.0292. The maximum absolute atomic E-state index is 12.7. The fourth-order valence-electron chi connectivity index (χ4n) is 7.16. The molecule has 4 nitrogen and oxygen atoms in total. The van der Waals surface area contributed by atoms with Gasteiger partial charge in [0, 0.05) is 5.56 Å². The van der Waals surface area contributed by atoms with E-state index in [4.69, 9.17) is 9.15 Å². The van der Waals surface area contributed by atoms with E-state index < -0.39 is 5.63 Å². The maximum Gasteiger partial charge on any atom is 0.342 e. The van der Waals surface area contributed by atoms with Gasteiger partial charge in [-0.1, -0.05) is 37.6 Å². The van der Waals surface area contributed by atoms with Gasteiger partial charge < -0.3 is 14.3 Å². The fourth-order valence-corrected chi connectivity index (χ4v) is 7.16. The number of allylic oxidation sites excluding steroid dienone is 2. The van der Waals surface area contributed by atoms with Crippen molar-refractivity contribution >= 4 is 0 Å². The largest absolute Gasteiger partial charge is 0.507 e. The Morgan fingerprint density at radius 3 is 2.61 bits per heavy atom. The fraction of sp³-hybridized carbons (Fsp3) is 0.667. The van der Waals surface area contributed by atoms with E-state index in [1.807, 2.05) is 6.92 Å². The van der Waals surface area contributed by atoms with Gasteiger partial charge in [-0.2, -0.15) is 0 Å². The second-order valence-corrected chi connectivity index (χ2v) is 11.1. The van der Waals surface area contributed by atoms with Crippen LogP contribution in [0.5, 0.6) is 5.75 Å². The first-order chi connectivity index (χ1) is 14.5. The summed E-state index contributed by atoms with van der Waals surface area (Å²) < 4.78 is 12.0. The van der Waals surface area contributed by atoms with E-state index in [2.05, 4.69) is 40.3 Å². The van der Waals surface area contributed by atoms with Gasteiger partial charge in [-0.15, -0.1) is 0 Å². The number of hydrogen-bond donors (Lipinski definition) is 1. The molecule has 0 amide bonds. The van der Waals surface area contributed by atoms with Crippen LogP contribution in [0.4, 0.5) is 0 Å². The first kappa shape index (κ1) is 22.4. The Labute approximate surface area is 186 Å². The summed E-state index contributed by atoms with van der Waals surface area (Å²) in [4.78, 5) is 12.7. The Balaban J connectivity index is 1.70. The lowest BCUT2D eigenvalue weighted by molar-refractivity contribution is -0.110. The van der Waals surface area contributed by atoms with Crippen molar-refractivity contribution in [1.82, 2.24) is 0 Å². The third kappa shape index (κ3) is 3.51. The van der Waals surface area contributed by atoms with Crippen LogP contribution in [0, 0.1) is 36.5 Å². The summed E-state index contributed by atoms with van der Waals surface area (Å²) in [7, 11) is 0. The van der Waals surface area contributed by atoms with Crippen LogP contribution in [0.2, 0.25) is 0 Å². The Kier molecular flexibility index (Phi) is 5.53. The molecule has 0 radical (unpaired) electrons. The smallest absolute Gasteiger partial charge is 0.342 e. The lowest BCUT2D eigenvalue weighted by atomic mass is 9.45. The van der Waals surface area contributed by atoms with Crippen LogP contribution >= 0.6 is 0 Å². The number of ether oxygens (including phenoxy) is 1. The predicted octanol–water partition coefficient (Wildman–Crippen LogP) is 6.02. The molecule has 0 bridgehead atoms. The quantitative estimate of drug-likeness (QED) is 0.601. The molecule has 0 aromatic carbocycles. The predicted molar refractivity (Wildman–Crippen MR) is 123 cm³/mol. The first-order valence-electron chi connectivity index (χ1n) is 11.8. The van der Waals surface area contributed by atoms with Gasteiger partial charge in [0.1, 0.15) is 11.5 Å². The Bertz CT molecular complexity index is 982. The van der Waals surface area contributed by atoms with Gasteiger partial charge in [-0.25, -0.2) is 4.79 Å². The summed E-state index contributed by atoms with van der Waals surface area (Å²) in [6, 6.07) is 0. The molecule has 170 valence electrons. The summed E-state index contributed by atoms with van der Waals surface area (Å²) in [6.45, 7) is 17.1. The summed E-state index contributed by atoms with van der Waals surface area (Å²) in [5.74, 6) is 1.24. The van der Waals surface area contributed by atoms with Crippen LogP contribution in [-0.2, 0) is 11.2 Å². The molecule has 2 heterocycles. The van der Waals surface area contributed by atoms with Gasteiger partial charge in [0.05, 0.1) is 17.8 Å². The van der Waals surface area contributed by atoms with Crippen molar-refractivity contribution in [2.24, 2.45) is 22.7 Å². The van der Waals surface area contributed by atoms with E-state index in [-0.39, 0.29) is 28.6 Å². The molecule has 1 saturated heterocycles. The summed E-state index contributed by atoms with van der Waals surface area (Å²) >= 11 is 0. The second kappa shape index (κ2) is 7.65. The first-order valence-corrected chi connectivity index (χ1v) is 11.8. The molecule has 1 aromatic rings. The molecule has 0 unspecified atom stereocenters. The molecular formula is C27H38O4. The standard InChI is InChI=1S/C27H38O4/c1-15(2)12-19-14-27(7)22-9-8-16(3)21(26(22,6)11-10-23(27)31-19)13-20-24(28)17(4)18(5)30-25(20)29/h12,19,21-23,28H,3,8-11,13-14H2,1-2,4-7H3/t19-,21-,22-,23-,26-,27+/m1/s1. The molecule has 2 saturated carbocycles. The molecular weight excluding hydrogens is 388 g/mol. The van der Waals surface area contributed by atoms with E-state index in [1.54, 1.807) is 6.92 Å². The lowest BCUT2D eigenvalue weighted by Gasteiger charge is -2.59. The molecule has 3 aliphatic rings. The molecule has 4 rings (SSSR count). The SMILES string of the molecule is C=C1CC[C@@H]2[C@](C)(CC[C@H]3O[C@H](C=C(C)C)C[C@@]23C)[C@@H]1Cc1c(O)c(C)c(C)oc1=O. The van der Waals surface area contributed by atoms with Gasteiger partial charge >= 0.3 is 5.63 Å². The monoisotopic (exact) mass is 426 g/mol. The number of rotatable bonds is 3. The zero-order chi connectivity index (χ0) is 22.7. The number of aryl methyl sites for hydroxylation is 1. The van der Waals surface area contributed by atoms with Gasteiger partial charge in [0.25, 0.3) is 0 Å². The minimum atomic E-state index is -0.410. The highest BCUT2D eigenvalue weighted by Crippen LogP contribution is 2.65. The van der Waals surface area contributed by atoms with E-state index >= 15 is 0 Å². The van der Waals surface area contributed by atoms with Crippen molar-refractivity contribution in [2.75, 3.05) is 0 Å². The maximum atomic E-state index is 12.7. The number of hydrogen-bond acceptors (Lipinski definition) is 4. The second-order valence-electron chi connectivity index (χ2n) is 11.1. The normalized spacial score (nSPS) is 37.3. The average molecular weight is 427 g/mol. The van der Waals surface area contributed by atoms with Crippen LogP contribution in [0.25, 0.3) is 0 Å². The Morgan fingerprint density at radius 2 is 1.94 bits per heavy atom. The lowest BCUT2D eigenvalue weighted by Crippen LogP contribution is -2.54. The molecule has 0 spiro atoms. The average Bonchev–Trinajstić information content (AvgIpc) is 2.99. The highest BCUT2D eigenvalue weighted by Gasteiger charge is 2.61. The molecule has 31 heavy (non-hydrogen) atoms. The summed E-state index contributed by atoms with van der Waals surface area (Å²) in [5, 5.41) is 10.8. The van der Waals surface area contributed by atoms with Crippen LogP contribution in [-0.4, -0.2) is 17.3 Å². The molecule has 2 aliphatic carbocycles. The third-order valence-electron chi connectivity index (χ3n) is 8.88.